The van der Waals surface area contributed by atoms with Crippen molar-refractivity contribution < 1.29 is 24.1 Å². The zero-order valence-corrected chi connectivity index (χ0v) is 19.2. The van der Waals surface area contributed by atoms with Gasteiger partial charge in [0.1, 0.15) is 5.75 Å². The highest BCUT2D eigenvalue weighted by molar-refractivity contribution is 5.92. The Morgan fingerprint density at radius 3 is 2.39 bits per heavy atom. The quantitative estimate of drug-likeness (QED) is 0.615. The van der Waals surface area contributed by atoms with E-state index in [-0.39, 0.29) is 24.5 Å². The van der Waals surface area contributed by atoms with Crippen LogP contribution in [0.25, 0.3) is 0 Å². The number of methoxy groups -OCH3 is 1. The molecule has 6 heteroatoms. The van der Waals surface area contributed by atoms with Gasteiger partial charge in [-0.05, 0) is 47.7 Å². The number of nitrogens with one attached hydrogen (secondary N) is 1. The monoisotopic (exact) mass is 451 g/mol. The first-order valence-corrected chi connectivity index (χ1v) is 11.8. The van der Waals surface area contributed by atoms with Crippen LogP contribution in [-0.4, -0.2) is 30.5 Å². The van der Waals surface area contributed by atoms with E-state index in [1.165, 1.54) is 6.42 Å². The largest absolute Gasteiger partial charge is 0.497 e. The van der Waals surface area contributed by atoms with Gasteiger partial charge in [-0.25, -0.2) is 0 Å². The minimum Gasteiger partial charge on any atom is -0.497 e. The molecule has 6 nitrogen and oxygen atoms in total. The highest BCUT2D eigenvalue weighted by Gasteiger charge is 2.30. The summed E-state index contributed by atoms with van der Waals surface area (Å²) in [5.41, 5.74) is 2.93. The third kappa shape index (κ3) is 6.36. The summed E-state index contributed by atoms with van der Waals surface area (Å²) in [7, 11) is 1.65. The number of ether oxygens (including phenoxy) is 3. The first kappa shape index (κ1) is 23.3. The molecule has 0 saturated heterocycles. The molecular formula is C27H33NO5. The Bertz CT molecular complexity index is 932. The van der Waals surface area contributed by atoms with Gasteiger partial charge in [0, 0.05) is 18.4 Å². The molecule has 0 aromatic heterocycles. The van der Waals surface area contributed by atoms with Crippen molar-refractivity contribution in [3.63, 3.8) is 0 Å². The van der Waals surface area contributed by atoms with Crippen LogP contribution in [-0.2, 0) is 27.5 Å². The van der Waals surface area contributed by atoms with Gasteiger partial charge in [-0.15, -0.1) is 0 Å². The zero-order chi connectivity index (χ0) is 23.0. The maximum absolute atomic E-state index is 13.0. The van der Waals surface area contributed by atoms with Crippen molar-refractivity contribution in [1.29, 1.82) is 0 Å². The summed E-state index contributed by atoms with van der Waals surface area (Å²) < 4.78 is 17.4. The Morgan fingerprint density at radius 2 is 1.73 bits per heavy atom. The number of hydrogen-bond acceptors (Lipinski definition) is 5. The lowest BCUT2D eigenvalue weighted by molar-refractivity contribution is -0.150. The van der Waals surface area contributed by atoms with E-state index in [4.69, 9.17) is 14.2 Å². The molecule has 0 spiro atoms. The first-order valence-electron chi connectivity index (χ1n) is 11.8. The molecule has 2 N–H and O–H groups in total. The molecule has 1 saturated carbocycles. The summed E-state index contributed by atoms with van der Waals surface area (Å²) in [5, 5.41) is 12.4. The average molecular weight is 452 g/mol. The number of allylic oxidation sites excluding steroid dienone is 1. The highest BCUT2D eigenvalue weighted by atomic mass is 16.7. The van der Waals surface area contributed by atoms with Gasteiger partial charge in [0.15, 0.2) is 5.76 Å². The Hall–Kier alpha value is -2.83. The van der Waals surface area contributed by atoms with Crippen LogP contribution in [0.3, 0.4) is 0 Å². The predicted octanol–water partition coefficient (Wildman–Crippen LogP) is 4.57. The fourth-order valence-corrected chi connectivity index (χ4v) is 4.44. The molecule has 4 rings (SSSR count). The molecular weight excluding hydrogens is 418 g/mol. The van der Waals surface area contributed by atoms with E-state index in [0.717, 1.165) is 48.1 Å². The number of aliphatic hydroxyl groups is 1. The van der Waals surface area contributed by atoms with Gasteiger partial charge in [-0.2, -0.15) is 0 Å². The minimum absolute atomic E-state index is 0.00136. The molecule has 0 radical (unpaired) electrons. The lowest BCUT2D eigenvalue weighted by atomic mass is 9.92. The fourth-order valence-electron chi connectivity index (χ4n) is 4.44. The summed E-state index contributed by atoms with van der Waals surface area (Å²) in [4.78, 5) is 13.0. The first-order chi connectivity index (χ1) is 16.1. The van der Waals surface area contributed by atoms with Crippen LogP contribution >= 0.6 is 0 Å². The number of amides is 1. The van der Waals surface area contributed by atoms with E-state index in [2.05, 4.69) is 5.32 Å². The van der Waals surface area contributed by atoms with Crippen molar-refractivity contribution in [2.45, 2.75) is 70.0 Å². The van der Waals surface area contributed by atoms with Gasteiger partial charge in [-0.3, -0.25) is 4.79 Å². The van der Waals surface area contributed by atoms with Gasteiger partial charge in [0.05, 0.1) is 20.3 Å². The molecule has 2 atom stereocenters. The summed E-state index contributed by atoms with van der Waals surface area (Å²) in [6.45, 7) is 0.379. The molecule has 2 aromatic rings. The summed E-state index contributed by atoms with van der Waals surface area (Å²) in [6.07, 6.45) is 7.57. The maximum atomic E-state index is 13.0. The van der Waals surface area contributed by atoms with Crippen molar-refractivity contribution in [2.75, 3.05) is 7.11 Å². The Balaban J connectivity index is 1.47. The third-order valence-electron chi connectivity index (χ3n) is 6.41. The molecule has 1 amide bonds. The third-order valence-corrected chi connectivity index (χ3v) is 6.41. The normalized spacial score (nSPS) is 21.1. The maximum Gasteiger partial charge on any atom is 0.286 e. The number of benzene rings is 2. The Labute approximate surface area is 195 Å². The van der Waals surface area contributed by atoms with Crippen LogP contribution in [0.15, 0.2) is 60.4 Å². The molecule has 2 aromatic carbocycles. The van der Waals surface area contributed by atoms with E-state index in [9.17, 15) is 9.90 Å². The molecule has 1 fully saturated rings. The second-order valence-corrected chi connectivity index (χ2v) is 8.79. The summed E-state index contributed by atoms with van der Waals surface area (Å²) in [6, 6.07) is 15.7. The van der Waals surface area contributed by atoms with Crippen LogP contribution < -0.4 is 10.1 Å². The lowest BCUT2D eigenvalue weighted by Crippen LogP contribution is -2.39. The van der Waals surface area contributed by atoms with Gasteiger partial charge in [0.2, 0.25) is 6.29 Å². The van der Waals surface area contributed by atoms with Crippen LogP contribution in [0.5, 0.6) is 5.75 Å². The SMILES string of the molecule is COc1ccc([C@@H]2C=C(C(=O)NC3CCCCC3)O[C@H](OCc3ccc(CO)cc3)C2)cc1. The number of carbonyl (C=O) groups is 1. The van der Waals surface area contributed by atoms with Gasteiger partial charge in [-0.1, -0.05) is 55.7 Å². The summed E-state index contributed by atoms with van der Waals surface area (Å²) in [5.74, 6) is 0.956. The van der Waals surface area contributed by atoms with Crippen molar-refractivity contribution in [1.82, 2.24) is 5.32 Å². The molecule has 0 bridgehead atoms. The number of rotatable bonds is 8. The van der Waals surface area contributed by atoms with E-state index in [1.807, 2.05) is 54.6 Å². The molecule has 2 aliphatic rings. The smallest absolute Gasteiger partial charge is 0.286 e. The van der Waals surface area contributed by atoms with Gasteiger partial charge >= 0.3 is 0 Å². The molecule has 33 heavy (non-hydrogen) atoms. The lowest BCUT2D eigenvalue weighted by Gasteiger charge is -2.30. The molecule has 1 aliphatic heterocycles. The molecule has 0 unspecified atom stereocenters. The summed E-state index contributed by atoms with van der Waals surface area (Å²) >= 11 is 0. The fraction of sp³-hybridized carbons (Fsp3) is 0.444. The van der Waals surface area contributed by atoms with Crippen molar-refractivity contribution in [3.8, 4) is 5.75 Å². The second kappa shape index (κ2) is 11.3. The average Bonchev–Trinajstić information content (AvgIpc) is 2.88. The van der Waals surface area contributed by atoms with Gasteiger partial charge < -0.3 is 24.6 Å². The molecule has 176 valence electrons. The van der Waals surface area contributed by atoms with Crippen molar-refractivity contribution >= 4 is 5.91 Å². The number of hydrogen-bond donors (Lipinski definition) is 2. The second-order valence-electron chi connectivity index (χ2n) is 8.79. The van der Waals surface area contributed by atoms with Crippen molar-refractivity contribution in [3.05, 3.63) is 77.1 Å². The van der Waals surface area contributed by atoms with Crippen LogP contribution in [0.4, 0.5) is 0 Å². The predicted molar refractivity (Wildman–Crippen MR) is 125 cm³/mol. The van der Waals surface area contributed by atoms with Gasteiger partial charge in [0.25, 0.3) is 5.91 Å². The van der Waals surface area contributed by atoms with Crippen LogP contribution in [0.1, 0.15) is 61.1 Å². The number of aliphatic hydroxyl groups excluding tert-OH is 1. The number of carbonyl (C=O) groups excluding carboxylic acids is 1. The van der Waals surface area contributed by atoms with E-state index in [1.54, 1.807) is 7.11 Å². The van der Waals surface area contributed by atoms with E-state index in [0.29, 0.717) is 18.8 Å². The minimum atomic E-state index is -0.535. The molecule has 1 heterocycles. The van der Waals surface area contributed by atoms with Crippen LogP contribution in [0, 0.1) is 0 Å². The van der Waals surface area contributed by atoms with E-state index >= 15 is 0 Å². The Morgan fingerprint density at radius 1 is 1.03 bits per heavy atom. The highest BCUT2D eigenvalue weighted by Crippen LogP contribution is 2.33. The van der Waals surface area contributed by atoms with Crippen LogP contribution in [0.2, 0.25) is 0 Å². The zero-order valence-electron chi connectivity index (χ0n) is 19.2. The Kier molecular flexibility index (Phi) is 8.02. The standard InChI is InChI=1S/C27H33NO5/c1-31-24-13-11-21(12-14-24)22-15-25(27(30)28-23-5-3-2-4-6-23)33-26(16-22)32-18-20-9-7-19(17-29)8-10-20/h7-15,22-23,26,29H,2-6,16-18H2,1H3,(H,28,30)/t22-,26+/m1/s1. The molecule has 1 aliphatic carbocycles. The van der Waals surface area contributed by atoms with E-state index < -0.39 is 6.29 Å². The topological polar surface area (TPSA) is 77.0 Å². The van der Waals surface area contributed by atoms with Crippen molar-refractivity contribution in [2.24, 2.45) is 0 Å².